The van der Waals surface area contributed by atoms with Crippen molar-refractivity contribution in [3.8, 4) is 17.1 Å². The van der Waals surface area contributed by atoms with Crippen molar-refractivity contribution < 1.29 is 18.8 Å². The highest BCUT2D eigenvalue weighted by Gasteiger charge is 2.20. The van der Waals surface area contributed by atoms with Crippen LogP contribution in [0.4, 0.5) is 0 Å². The molecule has 0 bridgehead atoms. The molecular formula is C20H18N2O4S. The molecule has 1 unspecified atom stereocenters. The summed E-state index contributed by atoms with van der Waals surface area (Å²) in [6, 6.07) is 11.2. The summed E-state index contributed by atoms with van der Waals surface area (Å²) in [4.78, 5) is 16.4. The molecule has 1 aliphatic rings. The van der Waals surface area contributed by atoms with Crippen molar-refractivity contribution in [3.05, 3.63) is 59.4 Å². The predicted molar refractivity (Wildman–Crippen MR) is 101 cm³/mol. The second-order valence-electron chi connectivity index (χ2n) is 6.27. The van der Waals surface area contributed by atoms with Crippen molar-refractivity contribution in [2.75, 3.05) is 6.26 Å². The third-order valence-corrected chi connectivity index (χ3v) is 4.99. The maximum Gasteiger partial charge on any atom is 0.341 e. The number of benzene rings is 1. The summed E-state index contributed by atoms with van der Waals surface area (Å²) in [7, 11) is 0. The Bertz CT molecular complexity index is 986. The number of carbonyl (C=O) groups excluding carboxylic acids is 1. The molecule has 1 aromatic carbocycles. The highest BCUT2D eigenvalue weighted by molar-refractivity contribution is 7.98. The average Bonchev–Trinajstić information content (AvgIpc) is 3.30. The van der Waals surface area contributed by atoms with Gasteiger partial charge in [-0.05, 0) is 36.9 Å². The molecular weight excluding hydrogens is 364 g/mol. The largest absolute Gasteiger partial charge is 0.490 e. The summed E-state index contributed by atoms with van der Waals surface area (Å²) in [5, 5.41) is 4.63. The molecule has 0 saturated heterocycles. The van der Waals surface area contributed by atoms with Crippen molar-refractivity contribution in [2.24, 2.45) is 0 Å². The Hall–Kier alpha value is -2.80. The van der Waals surface area contributed by atoms with Gasteiger partial charge in [-0.25, -0.2) is 9.78 Å². The van der Waals surface area contributed by atoms with Gasteiger partial charge in [-0.3, -0.25) is 0 Å². The first-order valence-corrected chi connectivity index (χ1v) is 9.78. The second-order valence-corrected chi connectivity index (χ2v) is 7.07. The number of aromatic nitrogens is 2. The number of ether oxygens (including phenoxy) is 2. The Morgan fingerprint density at radius 1 is 1.33 bits per heavy atom. The number of pyridine rings is 1. The maximum atomic E-state index is 12.3. The zero-order valence-electron chi connectivity index (χ0n) is 15.0. The van der Waals surface area contributed by atoms with Gasteiger partial charge >= 0.3 is 5.97 Å². The van der Waals surface area contributed by atoms with Gasteiger partial charge in [0.15, 0.2) is 5.76 Å². The number of fused-ring (bicyclic) bond motifs is 1. The molecule has 138 valence electrons. The van der Waals surface area contributed by atoms with Crippen LogP contribution in [0.2, 0.25) is 0 Å². The highest BCUT2D eigenvalue weighted by atomic mass is 32.2. The van der Waals surface area contributed by atoms with Gasteiger partial charge in [0, 0.05) is 24.2 Å². The summed E-state index contributed by atoms with van der Waals surface area (Å²) in [5.74, 6) is 1.06. The van der Waals surface area contributed by atoms with E-state index in [1.807, 2.05) is 31.4 Å². The van der Waals surface area contributed by atoms with Crippen LogP contribution in [0.5, 0.6) is 5.75 Å². The van der Waals surface area contributed by atoms with Gasteiger partial charge in [-0.2, -0.15) is 0 Å². The topological polar surface area (TPSA) is 74.5 Å². The number of thioether (sulfide) groups is 1. The van der Waals surface area contributed by atoms with Gasteiger partial charge in [0.05, 0.1) is 5.56 Å². The van der Waals surface area contributed by atoms with Crippen LogP contribution in [0.3, 0.4) is 0 Å². The number of nitrogens with zero attached hydrogens (tertiary/aromatic N) is 2. The Labute approximate surface area is 160 Å². The van der Waals surface area contributed by atoms with Gasteiger partial charge in [-0.15, -0.1) is 11.8 Å². The first kappa shape index (κ1) is 17.6. The maximum absolute atomic E-state index is 12.3. The minimum absolute atomic E-state index is 0.0313. The van der Waals surface area contributed by atoms with E-state index in [4.69, 9.17) is 14.0 Å². The zero-order chi connectivity index (χ0) is 18.8. The lowest BCUT2D eigenvalue weighted by Gasteiger charge is -2.05. The van der Waals surface area contributed by atoms with E-state index in [2.05, 4.69) is 10.1 Å². The monoisotopic (exact) mass is 382 g/mol. The van der Waals surface area contributed by atoms with E-state index >= 15 is 0 Å². The van der Waals surface area contributed by atoms with Crippen molar-refractivity contribution >= 4 is 17.7 Å². The fraction of sp³-hybridized carbons (Fsp3) is 0.250. The highest BCUT2D eigenvalue weighted by Crippen LogP contribution is 2.33. The van der Waals surface area contributed by atoms with E-state index < -0.39 is 5.97 Å². The normalized spacial score (nSPS) is 15.3. The molecule has 2 aromatic heterocycles. The molecule has 0 saturated carbocycles. The molecule has 0 fully saturated rings. The number of esters is 1. The molecule has 0 radical (unpaired) electrons. The fourth-order valence-corrected chi connectivity index (χ4v) is 3.53. The number of hydrogen-bond acceptors (Lipinski definition) is 7. The number of hydrogen-bond donors (Lipinski definition) is 0. The quantitative estimate of drug-likeness (QED) is 0.485. The average molecular weight is 382 g/mol. The molecule has 27 heavy (non-hydrogen) atoms. The van der Waals surface area contributed by atoms with Gasteiger partial charge in [-0.1, -0.05) is 17.3 Å². The molecule has 0 N–H and O–H groups in total. The summed E-state index contributed by atoms with van der Waals surface area (Å²) in [6.45, 7) is 2.08. The lowest BCUT2D eigenvalue weighted by molar-refractivity contribution is 0.0459. The SMILES string of the molecule is CSc1ncccc1C(=O)OCc1cc(-c2ccc3c(c2)OC(C)C3)on1. The van der Waals surface area contributed by atoms with E-state index in [9.17, 15) is 4.79 Å². The summed E-state index contributed by atoms with van der Waals surface area (Å²) in [5.41, 5.74) is 3.06. The van der Waals surface area contributed by atoms with E-state index in [1.54, 1.807) is 24.4 Å². The smallest absolute Gasteiger partial charge is 0.341 e. The third kappa shape index (κ3) is 3.68. The molecule has 1 aliphatic heterocycles. The second kappa shape index (κ2) is 7.44. The summed E-state index contributed by atoms with van der Waals surface area (Å²) < 4.78 is 16.5. The van der Waals surface area contributed by atoms with Crippen LogP contribution in [0, 0.1) is 0 Å². The van der Waals surface area contributed by atoms with E-state index in [0.717, 1.165) is 17.7 Å². The molecule has 6 nitrogen and oxygen atoms in total. The fourth-order valence-electron chi connectivity index (χ4n) is 3.00. The molecule has 1 atom stereocenters. The Morgan fingerprint density at radius 2 is 2.22 bits per heavy atom. The molecule has 7 heteroatoms. The number of rotatable bonds is 5. The van der Waals surface area contributed by atoms with Gasteiger partial charge in [0.2, 0.25) is 0 Å². The molecule has 3 aromatic rings. The van der Waals surface area contributed by atoms with Crippen molar-refractivity contribution in [1.82, 2.24) is 10.1 Å². The minimum atomic E-state index is -0.433. The minimum Gasteiger partial charge on any atom is -0.490 e. The molecule has 0 aliphatic carbocycles. The predicted octanol–water partition coefficient (Wildman–Crippen LogP) is 4.14. The number of carbonyl (C=O) groups is 1. The Kier molecular flexibility index (Phi) is 4.85. The van der Waals surface area contributed by atoms with Crippen LogP contribution < -0.4 is 4.74 Å². The van der Waals surface area contributed by atoms with Gasteiger partial charge < -0.3 is 14.0 Å². The van der Waals surface area contributed by atoms with E-state index in [0.29, 0.717) is 22.0 Å². The van der Waals surface area contributed by atoms with E-state index in [-0.39, 0.29) is 12.7 Å². The lowest BCUT2D eigenvalue weighted by Crippen LogP contribution is -2.07. The molecule has 4 rings (SSSR count). The first-order valence-electron chi connectivity index (χ1n) is 8.55. The molecule has 0 amide bonds. The Morgan fingerprint density at radius 3 is 3.07 bits per heavy atom. The first-order chi connectivity index (χ1) is 13.1. The molecule has 0 spiro atoms. The van der Waals surface area contributed by atoms with E-state index in [1.165, 1.54) is 17.3 Å². The van der Waals surface area contributed by atoms with Crippen LogP contribution in [-0.4, -0.2) is 28.5 Å². The standard InChI is InChI=1S/C20H18N2O4S/c1-12-8-13-5-6-14(9-17(13)25-12)18-10-15(22-26-18)11-24-20(23)16-4-3-7-21-19(16)27-2/h3-7,9-10,12H,8,11H2,1-2H3. The van der Waals surface area contributed by atoms with Crippen LogP contribution in [-0.2, 0) is 17.8 Å². The molecule has 3 heterocycles. The van der Waals surface area contributed by atoms with Gasteiger partial charge in [0.25, 0.3) is 0 Å². The van der Waals surface area contributed by atoms with Crippen LogP contribution in [0.25, 0.3) is 11.3 Å². The Balaban J connectivity index is 1.44. The van der Waals surface area contributed by atoms with Crippen LogP contribution in [0.15, 0.2) is 52.1 Å². The van der Waals surface area contributed by atoms with Gasteiger partial charge in [0.1, 0.15) is 29.2 Å². The summed E-state index contributed by atoms with van der Waals surface area (Å²) >= 11 is 1.40. The van der Waals surface area contributed by atoms with Crippen molar-refractivity contribution in [2.45, 2.75) is 31.1 Å². The zero-order valence-corrected chi connectivity index (χ0v) is 15.8. The van der Waals surface area contributed by atoms with Crippen LogP contribution in [0.1, 0.15) is 28.5 Å². The van der Waals surface area contributed by atoms with Crippen molar-refractivity contribution in [3.63, 3.8) is 0 Å². The van der Waals surface area contributed by atoms with Crippen molar-refractivity contribution in [1.29, 1.82) is 0 Å². The third-order valence-electron chi connectivity index (χ3n) is 4.28. The van der Waals surface area contributed by atoms with Crippen LogP contribution >= 0.6 is 11.8 Å². The lowest BCUT2D eigenvalue weighted by atomic mass is 10.1. The summed E-state index contributed by atoms with van der Waals surface area (Å²) in [6.07, 6.45) is 4.62.